The summed E-state index contributed by atoms with van der Waals surface area (Å²) >= 11 is 0. The van der Waals surface area contributed by atoms with Crippen LogP contribution in [-0.4, -0.2) is 25.0 Å². The fourth-order valence-corrected chi connectivity index (χ4v) is 1.82. The minimum atomic E-state index is -0.449. The van der Waals surface area contributed by atoms with E-state index >= 15 is 0 Å². The van der Waals surface area contributed by atoms with E-state index in [-0.39, 0.29) is 6.61 Å². The van der Waals surface area contributed by atoms with Crippen molar-refractivity contribution in [3.05, 3.63) is 60.2 Å². The number of rotatable bonds is 7. The van der Waals surface area contributed by atoms with Crippen molar-refractivity contribution >= 4 is 11.8 Å². The Hall–Kier alpha value is -3.02. The van der Waals surface area contributed by atoms with Crippen molar-refractivity contribution in [3.8, 4) is 11.5 Å². The Morgan fingerprint density at radius 1 is 0.875 bits per heavy atom. The van der Waals surface area contributed by atoms with Crippen molar-refractivity contribution in [1.29, 1.82) is 0 Å². The lowest BCUT2D eigenvalue weighted by Gasteiger charge is -2.09. The monoisotopic (exact) mass is 328 g/mol. The molecule has 0 atom stereocenters. The number of carbonyl (C=O) groups is 2. The van der Waals surface area contributed by atoms with Crippen LogP contribution >= 0.6 is 0 Å². The molecule has 6 heteroatoms. The van der Waals surface area contributed by atoms with Gasteiger partial charge in [-0.2, -0.15) is 0 Å². The second kappa shape index (κ2) is 9.19. The first-order valence-corrected chi connectivity index (χ1v) is 7.69. The van der Waals surface area contributed by atoms with E-state index in [2.05, 4.69) is 10.9 Å². The van der Waals surface area contributed by atoms with Gasteiger partial charge in [-0.05, 0) is 42.8 Å². The van der Waals surface area contributed by atoms with E-state index in [1.165, 1.54) is 0 Å². The van der Waals surface area contributed by atoms with E-state index in [9.17, 15) is 9.59 Å². The topological polar surface area (TPSA) is 76.7 Å². The molecule has 0 aromatic heterocycles. The maximum absolute atomic E-state index is 11.9. The van der Waals surface area contributed by atoms with E-state index in [1.807, 2.05) is 25.1 Å². The van der Waals surface area contributed by atoms with Gasteiger partial charge in [0.2, 0.25) is 0 Å². The number of hydrazine groups is 1. The van der Waals surface area contributed by atoms with Gasteiger partial charge in [0.25, 0.3) is 11.8 Å². The molecule has 0 saturated carbocycles. The molecule has 126 valence electrons. The molecule has 0 bridgehead atoms. The van der Waals surface area contributed by atoms with Gasteiger partial charge in [0.15, 0.2) is 6.61 Å². The normalized spacial score (nSPS) is 9.88. The molecule has 0 radical (unpaired) electrons. The number of benzene rings is 2. The van der Waals surface area contributed by atoms with Crippen molar-refractivity contribution in [2.45, 2.75) is 13.3 Å². The lowest BCUT2D eigenvalue weighted by atomic mass is 10.2. The van der Waals surface area contributed by atoms with Crippen molar-refractivity contribution in [1.82, 2.24) is 10.9 Å². The Bertz CT molecular complexity index is 656. The number of ether oxygens (including phenoxy) is 2. The summed E-state index contributed by atoms with van der Waals surface area (Å²) in [6.07, 6.45) is 0.916. The first-order chi connectivity index (χ1) is 11.7. The molecule has 24 heavy (non-hydrogen) atoms. The zero-order chi connectivity index (χ0) is 17.2. The van der Waals surface area contributed by atoms with Gasteiger partial charge in [-0.25, -0.2) is 0 Å². The summed E-state index contributed by atoms with van der Waals surface area (Å²) in [6.45, 7) is 2.46. The largest absolute Gasteiger partial charge is 0.494 e. The second-order valence-corrected chi connectivity index (χ2v) is 4.98. The molecule has 0 spiro atoms. The van der Waals surface area contributed by atoms with Crippen molar-refractivity contribution in [2.24, 2.45) is 0 Å². The number of hydrogen-bond donors (Lipinski definition) is 2. The van der Waals surface area contributed by atoms with E-state index in [0.717, 1.165) is 6.42 Å². The zero-order valence-corrected chi connectivity index (χ0v) is 13.5. The Morgan fingerprint density at radius 3 is 2.21 bits per heavy atom. The molecule has 0 heterocycles. The van der Waals surface area contributed by atoms with Gasteiger partial charge in [-0.3, -0.25) is 20.4 Å². The first-order valence-electron chi connectivity index (χ1n) is 7.69. The van der Waals surface area contributed by atoms with Crippen LogP contribution in [0.4, 0.5) is 0 Å². The molecule has 2 amide bonds. The van der Waals surface area contributed by atoms with Gasteiger partial charge in [-0.1, -0.05) is 25.1 Å². The number of para-hydroxylation sites is 1. The number of hydrogen-bond acceptors (Lipinski definition) is 4. The Morgan fingerprint density at radius 2 is 1.54 bits per heavy atom. The molecule has 0 aliphatic heterocycles. The third-order valence-electron chi connectivity index (χ3n) is 3.02. The highest BCUT2D eigenvalue weighted by Crippen LogP contribution is 2.12. The quantitative estimate of drug-likeness (QED) is 0.765. The number of nitrogens with one attached hydrogen (secondary N) is 2. The summed E-state index contributed by atoms with van der Waals surface area (Å²) in [5, 5.41) is 0. The van der Waals surface area contributed by atoms with Crippen LogP contribution in [-0.2, 0) is 4.79 Å². The summed E-state index contributed by atoms with van der Waals surface area (Å²) in [6, 6.07) is 15.6. The standard InChI is InChI=1S/C18H20N2O4/c1-2-12-23-16-10-8-14(9-11-16)18(22)20-19-17(21)13-24-15-6-4-3-5-7-15/h3-11H,2,12-13H2,1H3,(H,19,21)(H,20,22). The molecule has 0 aliphatic rings. The summed E-state index contributed by atoms with van der Waals surface area (Å²) in [5.74, 6) is 0.426. The van der Waals surface area contributed by atoms with Crippen LogP contribution in [0.1, 0.15) is 23.7 Å². The van der Waals surface area contributed by atoms with Gasteiger partial charge < -0.3 is 9.47 Å². The molecule has 0 saturated heterocycles. The highest BCUT2D eigenvalue weighted by molar-refractivity contribution is 5.95. The summed E-state index contributed by atoms with van der Waals surface area (Å²) in [5.41, 5.74) is 5.06. The van der Waals surface area contributed by atoms with Crippen LogP contribution < -0.4 is 20.3 Å². The molecular weight excluding hydrogens is 308 g/mol. The van der Waals surface area contributed by atoms with E-state index in [1.54, 1.807) is 36.4 Å². The minimum Gasteiger partial charge on any atom is -0.494 e. The van der Waals surface area contributed by atoms with Crippen molar-refractivity contribution in [3.63, 3.8) is 0 Å². The molecular formula is C18H20N2O4. The maximum atomic E-state index is 11.9. The van der Waals surface area contributed by atoms with Crippen LogP contribution in [0.25, 0.3) is 0 Å². The summed E-state index contributed by atoms with van der Waals surface area (Å²) in [7, 11) is 0. The Balaban J connectivity index is 1.74. The summed E-state index contributed by atoms with van der Waals surface area (Å²) < 4.78 is 10.7. The molecule has 2 aromatic carbocycles. The number of carbonyl (C=O) groups excluding carboxylic acids is 2. The predicted molar refractivity (Wildman–Crippen MR) is 89.8 cm³/mol. The average Bonchev–Trinajstić information content (AvgIpc) is 2.64. The SMILES string of the molecule is CCCOc1ccc(C(=O)NNC(=O)COc2ccccc2)cc1. The zero-order valence-electron chi connectivity index (χ0n) is 13.5. The molecule has 0 aliphatic carbocycles. The van der Waals surface area contributed by atoms with Gasteiger partial charge in [-0.15, -0.1) is 0 Å². The third kappa shape index (κ3) is 5.64. The molecule has 0 unspecified atom stereocenters. The van der Waals surface area contributed by atoms with Gasteiger partial charge >= 0.3 is 0 Å². The molecule has 0 fully saturated rings. The van der Waals surface area contributed by atoms with Crippen molar-refractivity contribution in [2.75, 3.05) is 13.2 Å². The molecule has 6 nitrogen and oxygen atoms in total. The van der Waals surface area contributed by atoms with E-state index < -0.39 is 11.8 Å². The van der Waals surface area contributed by atoms with Gasteiger partial charge in [0.1, 0.15) is 11.5 Å². The number of amides is 2. The fourth-order valence-electron chi connectivity index (χ4n) is 1.82. The highest BCUT2D eigenvalue weighted by atomic mass is 16.5. The lowest BCUT2D eigenvalue weighted by molar-refractivity contribution is -0.123. The first kappa shape index (κ1) is 17.3. The van der Waals surface area contributed by atoms with E-state index in [0.29, 0.717) is 23.7 Å². The molecule has 2 aromatic rings. The van der Waals surface area contributed by atoms with Crippen LogP contribution in [0.15, 0.2) is 54.6 Å². The fraction of sp³-hybridized carbons (Fsp3) is 0.222. The second-order valence-electron chi connectivity index (χ2n) is 4.98. The summed E-state index contributed by atoms with van der Waals surface area (Å²) in [4.78, 5) is 23.6. The van der Waals surface area contributed by atoms with Crippen molar-refractivity contribution < 1.29 is 19.1 Å². The van der Waals surface area contributed by atoms with Gasteiger partial charge in [0, 0.05) is 5.56 Å². The van der Waals surface area contributed by atoms with Crippen LogP contribution in [0.5, 0.6) is 11.5 Å². The Kier molecular flexibility index (Phi) is 6.64. The highest BCUT2D eigenvalue weighted by Gasteiger charge is 2.08. The van der Waals surface area contributed by atoms with Crippen LogP contribution in [0, 0.1) is 0 Å². The van der Waals surface area contributed by atoms with Crippen LogP contribution in [0.2, 0.25) is 0 Å². The van der Waals surface area contributed by atoms with Crippen LogP contribution in [0.3, 0.4) is 0 Å². The van der Waals surface area contributed by atoms with Gasteiger partial charge in [0.05, 0.1) is 6.61 Å². The smallest absolute Gasteiger partial charge is 0.276 e. The molecule has 2 rings (SSSR count). The maximum Gasteiger partial charge on any atom is 0.276 e. The molecule has 2 N–H and O–H groups in total. The average molecular weight is 328 g/mol. The Labute approximate surface area is 140 Å². The third-order valence-corrected chi connectivity index (χ3v) is 3.02. The predicted octanol–water partition coefficient (Wildman–Crippen LogP) is 2.32. The lowest BCUT2D eigenvalue weighted by Crippen LogP contribution is -2.43. The van der Waals surface area contributed by atoms with E-state index in [4.69, 9.17) is 9.47 Å². The minimum absolute atomic E-state index is 0.186.